The highest BCUT2D eigenvalue weighted by Gasteiger charge is 2.55. The summed E-state index contributed by atoms with van der Waals surface area (Å²) in [5.41, 5.74) is 6.75. The molecule has 0 spiro atoms. The summed E-state index contributed by atoms with van der Waals surface area (Å²) in [6.07, 6.45) is -1.62. The van der Waals surface area contributed by atoms with Crippen LogP contribution in [0, 0.1) is 0 Å². The van der Waals surface area contributed by atoms with Gasteiger partial charge in [0.15, 0.2) is 0 Å². The summed E-state index contributed by atoms with van der Waals surface area (Å²) in [6, 6.07) is 38.4. The predicted molar refractivity (Wildman–Crippen MR) is 248 cm³/mol. The Morgan fingerprint density at radius 1 is 0.265 bits per heavy atom. The molecule has 2 aliphatic carbocycles. The van der Waals surface area contributed by atoms with Gasteiger partial charge in [-0.1, -0.05) is 48.5 Å². The SMILES string of the molecule is Oc1ccc([C@@H]2c3c(O)cc(O)cc3[C@@H]3c4c(cc(O)cc4[C@@H]2[C@H]2c4cc(O)cc5c4[C@@H](c4cc(O)cc(O)c4[C@H]2c2ccc(O)cc2)[C@H](c2ccc(O)cc2)O5)O[C@H]3c2ccc(O)cc2)cc1. The average Bonchev–Trinajstić information content (AvgIpc) is 3.81. The minimum Gasteiger partial charge on any atom is -0.508 e. The van der Waals surface area contributed by atoms with Gasteiger partial charge in [-0.25, -0.2) is 0 Å². The quantitative estimate of drug-likeness (QED) is 0.0780. The molecule has 0 saturated carbocycles. The van der Waals surface area contributed by atoms with Crippen LogP contribution in [0.25, 0.3) is 0 Å². The molecule has 0 aromatic heterocycles. The van der Waals surface area contributed by atoms with Gasteiger partial charge in [-0.2, -0.15) is 0 Å². The number of aromatic hydroxyl groups is 10. The largest absolute Gasteiger partial charge is 0.508 e. The summed E-state index contributed by atoms with van der Waals surface area (Å²) in [5.74, 6) is -5.69. The Morgan fingerprint density at radius 2 is 0.559 bits per heavy atom. The van der Waals surface area contributed by atoms with Crippen LogP contribution in [0.1, 0.15) is 114 Å². The Balaban J connectivity index is 1.25. The van der Waals surface area contributed by atoms with Gasteiger partial charge in [0.2, 0.25) is 0 Å². The highest BCUT2D eigenvalue weighted by atomic mass is 16.5. The highest BCUT2D eigenvalue weighted by Crippen LogP contribution is 2.69. The molecule has 2 heterocycles. The van der Waals surface area contributed by atoms with Crippen molar-refractivity contribution in [1.29, 1.82) is 0 Å². The normalized spacial score (nSPS) is 22.6. The molecule has 0 saturated heterocycles. The fourth-order valence-electron chi connectivity index (χ4n) is 12.0. The monoisotopic (exact) mass is 906 g/mol. The van der Waals surface area contributed by atoms with Crippen LogP contribution in [0.4, 0.5) is 0 Å². The maximum absolute atomic E-state index is 12.5. The van der Waals surface area contributed by atoms with E-state index < -0.39 is 47.7 Å². The number of benzene rings is 8. The lowest BCUT2D eigenvalue weighted by molar-refractivity contribution is 0.221. The van der Waals surface area contributed by atoms with Gasteiger partial charge in [0.05, 0.1) is 11.8 Å². The topological polar surface area (TPSA) is 221 Å². The van der Waals surface area contributed by atoms with Crippen molar-refractivity contribution in [3.8, 4) is 69.0 Å². The van der Waals surface area contributed by atoms with E-state index >= 15 is 0 Å². The van der Waals surface area contributed by atoms with Crippen LogP contribution in [0.5, 0.6) is 69.0 Å². The minimum absolute atomic E-state index is 0.0182. The number of fused-ring (bicyclic) bond motifs is 4. The van der Waals surface area contributed by atoms with Gasteiger partial charge in [-0.3, -0.25) is 0 Å². The first-order valence-electron chi connectivity index (χ1n) is 22.2. The van der Waals surface area contributed by atoms with Crippen LogP contribution in [-0.4, -0.2) is 51.1 Å². The van der Waals surface area contributed by atoms with Gasteiger partial charge in [-0.05, 0) is 117 Å². The van der Waals surface area contributed by atoms with Gasteiger partial charge < -0.3 is 60.5 Å². The molecule has 338 valence electrons. The molecular weight excluding hydrogens is 865 g/mol. The number of hydrogen-bond acceptors (Lipinski definition) is 12. The average molecular weight is 907 g/mol. The molecule has 68 heavy (non-hydrogen) atoms. The van der Waals surface area contributed by atoms with E-state index in [-0.39, 0.29) is 57.5 Å². The van der Waals surface area contributed by atoms with Crippen molar-refractivity contribution in [3.63, 3.8) is 0 Å². The molecule has 8 aromatic carbocycles. The lowest BCUT2D eigenvalue weighted by Crippen LogP contribution is -2.26. The van der Waals surface area contributed by atoms with Crippen LogP contribution < -0.4 is 9.47 Å². The van der Waals surface area contributed by atoms with E-state index in [1.165, 1.54) is 24.3 Å². The molecule has 0 radical (unpaired) electrons. The van der Waals surface area contributed by atoms with Crippen LogP contribution in [0.15, 0.2) is 146 Å². The number of rotatable bonds is 5. The summed E-state index contributed by atoms with van der Waals surface area (Å²) in [7, 11) is 0. The van der Waals surface area contributed by atoms with Crippen molar-refractivity contribution in [2.45, 2.75) is 47.7 Å². The Morgan fingerprint density at radius 3 is 0.897 bits per heavy atom. The first-order valence-corrected chi connectivity index (χ1v) is 22.2. The second kappa shape index (κ2) is 14.9. The number of ether oxygens (including phenoxy) is 2. The second-order valence-electron chi connectivity index (χ2n) is 18.2. The van der Waals surface area contributed by atoms with E-state index in [1.807, 2.05) is 0 Å². The van der Waals surface area contributed by atoms with Crippen molar-refractivity contribution in [2.75, 3.05) is 0 Å². The smallest absolute Gasteiger partial charge is 0.135 e. The third kappa shape index (κ3) is 6.20. The van der Waals surface area contributed by atoms with Crippen LogP contribution in [0.3, 0.4) is 0 Å². The summed E-state index contributed by atoms with van der Waals surface area (Å²) >= 11 is 0. The Kier molecular flexibility index (Phi) is 8.97. The van der Waals surface area contributed by atoms with E-state index in [9.17, 15) is 51.1 Å². The first kappa shape index (κ1) is 40.8. The van der Waals surface area contributed by atoms with Gasteiger partial charge in [0, 0.05) is 70.2 Å². The Labute approximate surface area is 388 Å². The summed E-state index contributed by atoms with van der Waals surface area (Å²) in [6.45, 7) is 0. The molecular formula is C56H42O12. The highest BCUT2D eigenvalue weighted by molar-refractivity contribution is 5.71. The third-order valence-electron chi connectivity index (χ3n) is 14.5. The first-order chi connectivity index (χ1) is 32.8. The zero-order valence-corrected chi connectivity index (χ0v) is 35.8. The molecule has 10 N–H and O–H groups in total. The molecule has 12 rings (SSSR count). The van der Waals surface area contributed by atoms with Gasteiger partial charge in [-0.15, -0.1) is 0 Å². The molecule has 0 bridgehead atoms. The van der Waals surface area contributed by atoms with Gasteiger partial charge in [0.1, 0.15) is 81.2 Å². The van der Waals surface area contributed by atoms with Crippen LogP contribution in [0.2, 0.25) is 0 Å². The Hall–Kier alpha value is -8.64. The van der Waals surface area contributed by atoms with E-state index in [2.05, 4.69) is 0 Å². The lowest BCUT2D eigenvalue weighted by atomic mass is 9.62. The standard InChI is InChI=1S/C56H42O12/c57-29-9-1-25(2-10-29)45-47-37(17-33(61)21-41(47)65)53-49-39(19-35(63)23-43(49)67-55(53)27-5-13-31(59)14-6-27)51(45)52-40-20-36(64)24-44-50(40)54(56(68-44)28-7-15-32(60)16-8-28)38-18-34(62)22-42(66)48(38)46(52)26-3-11-30(58)12-4-26/h1-24,45-46,51-66H/t45-,46-,51+,52+,53-,54-,55+,56+/m1/s1. The fraction of sp³-hybridized carbons (Fsp3) is 0.143. The summed E-state index contributed by atoms with van der Waals surface area (Å²) < 4.78 is 13.7. The van der Waals surface area contributed by atoms with E-state index in [1.54, 1.807) is 121 Å². The Bertz CT molecular complexity index is 3110. The second-order valence-corrected chi connectivity index (χ2v) is 18.2. The maximum atomic E-state index is 12.5. The predicted octanol–water partition coefficient (Wildman–Crippen LogP) is 10.4. The number of hydrogen-bond donors (Lipinski definition) is 10. The molecule has 0 amide bonds. The molecule has 4 aliphatic rings. The number of phenols is 10. The van der Waals surface area contributed by atoms with E-state index in [0.717, 1.165) is 0 Å². The van der Waals surface area contributed by atoms with Crippen molar-refractivity contribution >= 4 is 0 Å². The summed E-state index contributed by atoms with van der Waals surface area (Å²) in [4.78, 5) is 0. The molecule has 0 unspecified atom stereocenters. The minimum atomic E-state index is -0.918. The lowest BCUT2D eigenvalue weighted by Gasteiger charge is -2.40. The van der Waals surface area contributed by atoms with Crippen molar-refractivity contribution in [2.24, 2.45) is 0 Å². The summed E-state index contributed by atoms with van der Waals surface area (Å²) in [5, 5.41) is 114. The molecule has 0 fully saturated rings. The zero-order valence-electron chi connectivity index (χ0n) is 35.8. The fourth-order valence-corrected chi connectivity index (χ4v) is 12.0. The van der Waals surface area contributed by atoms with Gasteiger partial charge in [0.25, 0.3) is 0 Å². The number of phenolic OH excluding ortho intramolecular Hbond substituents is 10. The van der Waals surface area contributed by atoms with E-state index in [0.29, 0.717) is 78.3 Å². The van der Waals surface area contributed by atoms with Gasteiger partial charge >= 0.3 is 0 Å². The molecule has 2 aliphatic heterocycles. The molecule has 8 aromatic rings. The maximum Gasteiger partial charge on any atom is 0.135 e. The third-order valence-corrected chi connectivity index (χ3v) is 14.5. The van der Waals surface area contributed by atoms with E-state index in [4.69, 9.17) is 9.47 Å². The molecule has 12 heteroatoms. The van der Waals surface area contributed by atoms with Crippen molar-refractivity contribution in [3.05, 3.63) is 212 Å². The van der Waals surface area contributed by atoms with Crippen molar-refractivity contribution < 1.29 is 60.5 Å². The van der Waals surface area contributed by atoms with Crippen LogP contribution in [-0.2, 0) is 0 Å². The van der Waals surface area contributed by atoms with Crippen molar-refractivity contribution in [1.82, 2.24) is 0 Å². The molecule has 8 atom stereocenters. The van der Waals surface area contributed by atoms with Crippen LogP contribution >= 0.6 is 0 Å². The molecule has 12 nitrogen and oxygen atoms in total. The zero-order chi connectivity index (χ0) is 46.9.